The molecule has 0 aliphatic carbocycles. The second-order valence-corrected chi connectivity index (χ2v) is 6.77. The van der Waals surface area contributed by atoms with E-state index in [1.54, 1.807) is 0 Å². The monoisotopic (exact) mass is 345 g/mol. The molecule has 0 spiro atoms. The molecule has 1 rings (SSSR count). The van der Waals surface area contributed by atoms with E-state index in [-0.39, 0.29) is 11.3 Å². The number of carbonyl (C=O) groups excluding carboxylic acids is 1. The van der Waals surface area contributed by atoms with Crippen molar-refractivity contribution in [2.24, 2.45) is 11.3 Å². The Hall–Kier alpha value is -0.580. The van der Waals surface area contributed by atoms with Crippen molar-refractivity contribution in [3.05, 3.63) is 27.8 Å². The fraction of sp³-hybridized carbons (Fsp3) is 0.500. The Morgan fingerprint density at radius 2 is 1.82 bits per heavy atom. The molecule has 1 unspecified atom stereocenters. The Bertz CT molecular complexity index is 378. The number of nitrogens with one attached hydrogen (secondary N) is 1. The third-order valence-electron chi connectivity index (χ3n) is 3.10. The van der Waals surface area contributed by atoms with Crippen molar-refractivity contribution in [3.8, 4) is 0 Å². The maximum absolute atomic E-state index is 11.8. The number of halogens is 1. The van der Waals surface area contributed by atoms with Gasteiger partial charge in [0.1, 0.15) is 0 Å². The van der Waals surface area contributed by atoms with Crippen LogP contribution in [0.3, 0.4) is 0 Å². The van der Waals surface area contributed by atoms with Crippen LogP contribution in [0.2, 0.25) is 0 Å². The Morgan fingerprint density at radius 3 is 2.29 bits per heavy atom. The van der Waals surface area contributed by atoms with Crippen LogP contribution in [0.25, 0.3) is 0 Å². The van der Waals surface area contributed by atoms with Gasteiger partial charge < -0.3 is 5.32 Å². The average Bonchev–Trinajstić information content (AvgIpc) is 2.20. The third kappa shape index (κ3) is 5.06. The molecule has 0 saturated heterocycles. The van der Waals surface area contributed by atoms with Crippen LogP contribution in [-0.4, -0.2) is 5.91 Å². The van der Waals surface area contributed by atoms with Gasteiger partial charge in [-0.05, 0) is 58.2 Å². The molecule has 1 amide bonds. The molecule has 0 fully saturated rings. The first kappa shape index (κ1) is 14.5. The van der Waals surface area contributed by atoms with Gasteiger partial charge in [0, 0.05) is 15.7 Å². The van der Waals surface area contributed by atoms with E-state index in [4.69, 9.17) is 0 Å². The summed E-state index contributed by atoms with van der Waals surface area (Å²) < 4.78 is 1.17. The number of benzene rings is 1. The minimum Gasteiger partial charge on any atom is -0.326 e. The van der Waals surface area contributed by atoms with E-state index in [2.05, 4.69) is 55.6 Å². The van der Waals surface area contributed by atoms with Crippen LogP contribution >= 0.6 is 22.6 Å². The van der Waals surface area contributed by atoms with E-state index in [9.17, 15) is 4.79 Å². The molecule has 1 atom stereocenters. The first-order chi connectivity index (χ1) is 7.79. The summed E-state index contributed by atoms with van der Waals surface area (Å²) in [6.07, 6.45) is 0.565. The molecule has 0 aliphatic rings. The van der Waals surface area contributed by atoms with E-state index >= 15 is 0 Å². The molecule has 94 valence electrons. The zero-order valence-corrected chi connectivity index (χ0v) is 13.0. The van der Waals surface area contributed by atoms with Gasteiger partial charge >= 0.3 is 0 Å². The molecule has 17 heavy (non-hydrogen) atoms. The normalized spacial score (nSPS) is 13.2. The number of rotatable bonds is 3. The highest BCUT2D eigenvalue weighted by Crippen LogP contribution is 2.28. The Kier molecular flexibility index (Phi) is 4.98. The lowest BCUT2D eigenvalue weighted by Gasteiger charge is -2.26. The average molecular weight is 345 g/mol. The Labute approximate surface area is 117 Å². The van der Waals surface area contributed by atoms with Gasteiger partial charge in [0.2, 0.25) is 5.91 Å². The van der Waals surface area contributed by atoms with Crippen molar-refractivity contribution in [1.29, 1.82) is 0 Å². The number of anilines is 1. The Morgan fingerprint density at radius 1 is 1.29 bits per heavy atom. The lowest BCUT2D eigenvalue weighted by atomic mass is 9.80. The second kappa shape index (κ2) is 5.85. The smallest absolute Gasteiger partial charge is 0.224 e. The van der Waals surface area contributed by atoms with Crippen LogP contribution in [0.4, 0.5) is 5.69 Å². The molecule has 1 aromatic rings. The summed E-state index contributed by atoms with van der Waals surface area (Å²) in [5.41, 5.74) is 1.04. The van der Waals surface area contributed by atoms with Gasteiger partial charge in [0.25, 0.3) is 0 Å². The number of hydrogen-bond donors (Lipinski definition) is 1. The van der Waals surface area contributed by atoms with Crippen molar-refractivity contribution in [2.75, 3.05) is 5.32 Å². The van der Waals surface area contributed by atoms with E-state index in [0.717, 1.165) is 5.69 Å². The summed E-state index contributed by atoms with van der Waals surface area (Å²) in [4.78, 5) is 11.8. The quantitative estimate of drug-likeness (QED) is 0.813. The predicted molar refractivity (Wildman–Crippen MR) is 81.0 cm³/mol. The van der Waals surface area contributed by atoms with Crippen molar-refractivity contribution in [3.63, 3.8) is 0 Å². The minimum absolute atomic E-state index is 0.0913. The molecule has 0 radical (unpaired) electrons. The zero-order chi connectivity index (χ0) is 13.1. The number of amides is 1. The fourth-order valence-corrected chi connectivity index (χ4v) is 1.69. The van der Waals surface area contributed by atoms with Gasteiger partial charge in [-0.2, -0.15) is 0 Å². The molecular formula is C14H20INO. The summed E-state index contributed by atoms with van der Waals surface area (Å²) >= 11 is 2.25. The maximum Gasteiger partial charge on any atom is 0.224 e. The molecule has 0 aliphatic heterocycles. The molecule has 0 bridgehead atoms. The molecule has 0 aromatic heterocycles. The first-order valence-electron chi connectivity index (χ1n) is 5.84. The van der Waals surface area contributed by atoms with Crippen LogP contribution in [0.15, 0.2) is 24.3 Å². The van der Waals surface area contributed by atoms with Crippen molar-refractivity contribution >= 4 is 34.2 Å². The fourth-order valence-electron chi connectivity index (χ4n) is 1.33. The summed E-state index contributed by atoms with van der Waals surface area (Å²) in [7, 11) is 0. The second-order valence-electron chi connectivity index (χ2n) is 5.53. The van der Waals surface area contributed by atoms with Gasteiger partial charge in [0.05, 0.1) is 0 Å². The first-order valence-corrected chi connectivity index (χ1v) is 6.92. The molecular weight excluding hydrogens is 325 g/mol. The molecule has 2 nitrogen and oxygen atoms in total. The van der Waals surface area contributed by atoms with Crippen LogP contribution in [0, 0.1) is 14.9 Å². The van der Waals surface area contributed by atoms with Crippen molar-refractivity contribution < 1.29 is 4.79 Å². The van der Waals surface area contributed by atoms with Crippen LogP contribution in [-0.2, 0) is 4.79 Å². The van der Waals surface area contributed by atoms with E-state index in [0.29, 0.717) is 12.3 Å². The highest BCUT2D eigenvalue weighted by atomic mass is 127. The lowest BCUT2D eigenvalue weighted by molar-refractivity contribution is -0.117. The maximum atomic E-state index is 11.8. The van der Waals surface area contributed by atoms with E-state index < -0.39 is 0 Å². The minimum atomic E-state index is 0.0913. The van der Waals surface area contributed by atoms with Crippen LogP contribution in [0.1, 0.15) is 34.1 Å². The van der Waals surface area contributed by atoms with Gasteiger partial charge in [-0.3, -0.25) is 4.79 Å². The van der Waals surface area contributed by atoms with Gasteiger partial charge in [-0.25, -0.2) is 0 Å². The summed E-state index contributed by atoms with van der Waals surface area (Å²) in [5.74, 6) is 0.458. The molecule has 1 aromatic carbocycles. The van der Waals surface area contributed by atoms with Gasteiger partial charge in [-0.15, -0.1) is 0 Å². The summed E-state index contributed by atoms with van der Waals surface area (Å²) in [6, 6.07) is 7.84. The van der Waals surface area contributed by atoms with E-state index in [1.165, 1.54) is 3.57 Å². The largest absolute Gasteiger partial charge is 0.326 e. The van der Waals surface area contributed by atoms with E-state index in [1.807, 2.05) is 24.3 Å². The van der Waals surface area contributed by atoms with Crippen molar-refractivity contribution in [1.82, 2.24) is 0 Å². The molecule has 3 heteroatoms. The summed E-state index contributed by atoms with van der Waals surface area (Å²) in [6.45, 7) is 8.61. The number of hydrogen-bond acceptors (Lipinski definition) is 1. The zero-order valence-electron chi connectivity index (χ0n) is 10.9. The predicted octanol–water partition coefficient (Wildman–Crippen LogP) is 4.30. The van der Waals surface area contributed by atoms with Crippen LogP contribution in [0.5, 0.6) is 0 Å². The molecule has 0 saturated carbocycles. The van der Waals surface area contributed by atoms with Crippen LogP contribution < -0.4 is 5.32 Å². The molecule has 1 N–H and O–H groups in total. The van der Waals surface area contributed by atoms with Crippen molar-refractivity contribution in [2.45, 2.75) is 34.1 Å². The number of carbonyl (C=O) groups is 1. The summed E-state index contributed by atoms with van der Waals surface area (Å²) in [5, 5.41) is 2.93. The third-order valence-corrected chi connectivity index (χ3v) is 3.82. The van der Waals surface area contributed by atoms with Gasteiger partial charge in [-0.1, -0.05) is 27.7 Å². The van der Waals surface area contributed by atoms with Gasteiger partial charge in [0.15, 0.2) is 0 Å². The highest BCUT2D eigenvalue weighted by molar-refractivity contribution is 14.1. The molecule has 0 heterocycles. The Balaban J connectivity index is 2.53. The standard InChI is InChI=1S/C14H20INO/c1-10(14(2,3)4)9-13(17)16-12-7-5-11(15)6-8-12/h5-8,10H,9H2,1-4H3,(H,16,17). The SMILES string of the molecule is CC(CC(=O)Nc1ccc(I)cc1)C(C)(C)C. The lowest BCUT2D eigenvalue weighted by Crippen LogP contribution is -2.23. The highest BCUT2D eigenvalue weighted by Gasteiger charge is 2.22. The topological polar surface area (TPSA) is 29.1 Å².